The number of hydrogen-bond acceptors (Lipinski definition) is 1. The van der Waals surface area contributed by atoms with Crippen molar-refractivity contribution in [3.63, 3.8) is 0 Å². The van der Waals surface area contributed by atoms with Gasteiger partial charge in [0.15, 0.2) is 0 Å². The topological polar surface area (TPSA) is 12.0 Å². The average molecular weight is 218 g/mol. The Kier molecular flexibility index (Phi) is 2.70. The fourth-order valence-electron chi connectivity index (χ4n) is 1.54. The molecule has 0 atom stereocenters. The molecule has 0 amide bonds. The summed E-state index contributed by atoms with van der Waals surface area (Å²) >= 11 is 5.69. The van der Waals surface area contributed by atoms with Crippen LogP contribution in [0.3, 0.4) is 0 Å². The van der Waals surface area contributed by atoms with Crippen LogP contribution in [-0.4, -0.2) is 13.1 Å². The van der Waals surface area contributed by atoms with Gasteiger partial charge in [0, 0.05) is 5.56 Å². The van der Waals surface area contributed by atoms with Gasteiger partial charge in [0.25, 0.3) is 0 Å². The Bertz CT molecular complexity index is 350. The Morgan fingerprint density at radius 3 is 2.50 bits per heavy atom. The van der Waals surface area contributed by atoms with E-state index in [0.717, 1.165) is 25.2 Å². The molecule has 0 radical (unpaired) electrons. The molecule has 4 heteroatoms. The van der Waals surface area contributed by atoms with Gasteiger partial charge >= 0.3 is 0 Å². The summed E-state index contributed by atoms with van der Waals surface area (Å²) < 4.78 is 26.3. The number of halogens is 3. The molecule has 0 aromatic heterocycles. The molecule has 1 N–H and O–H groups in total. The van der Waals surface area contributed by atoms with Crippen molar-refractivity contribution in [2.45, 2.75) is 6.42 Å². The molecule has 1 aromatic carbocycles. The normalized spacial score (nSPS) is 16.8. The van der Waals surface area contributed by atoms with Gasteiger partial charge in [-0.15, -0.1) is 0 Å². The Labute approximate surface area is 86.1 Å². The van der Waals surface area contributed by atoms with Crippen LogP contribution in [0.4, 0.5) is 8.78 Å². The first-order chi connectivity index (χ1) is 6.68. The van der Waals surface area contributed by atoms with E-state index in [0.29, 0.717) is 17.9 Å². The molecule has 1 aromatic rings. The predicted octanol–water partition coefficient (Wildman–Crippen LogP) is 2.38. The van der Waals surface area contributed by atoms with Crippen LogP contribution in [0.1, 0.15) is 5.56 Å². The Morgan fingerprint density at radius 1 is 1.29 bits per heavy atom. The summed E-state index contributed by atoms with van der Waals surface area (Å²) in [5.74, 6) is -0.581. The third kappa shape index (κ3) is 1.74. The minimum absolute atomic E-state index is 0.0723. The zero-order valence-corrected chi connectivity index (χ0v) is 8.24. The van der Waals surface area contributed by atoms with E-state index in [2.05, 4.69) is 5.32 Å². The molecular formula is C10H10ClF2N. The van der Waals surface area contributed by atoms with Crippen LogP contribution in [0.2, 0.25) is 5.02 Å². The lowest BCUT2D eigenvalue weighted by atomic mass is 9.94. The molecule has 0 spiro atoms. The lowest BCUT2D eigenvalue weighted by Crippen LogP contribution is -2.43. The highest BCUT2D eigenvalue weighted by atomic mass is 35.5. The summed E-state index contributed by atoms with van der Waals surface area (Å²) in [6.45, 7) is 1.71. The van der Waals surface area contributed by atoms with Crippen molar-refractivity contribution in [3.8, 4) is 0 Å². The van der Waals surface area contributed by atoms with Gasteiger partial charge in [0.1, 0.15) is 11.6 Å². The largest absolute Gasteiger partial charge is 0.316 e. The standard InChI is InChI=1S/C10H10ClF2N/c11-10-7(3-6-4-14-5-6)8(12)1-2-9(10)13/h1-2,6,14H,3-5H2. The van der Waals surface area contributed by atoms with Crippen molar-refractivity contribution in [3.05, 3.63) is 34.4 Å². The third-order valence-corrected chi connectivity index (χ3v) is 2.91. The van der Waals surface area contributed by atoms with Crippen LogP contribution in [0.5, 0.6) is 0 Å². The smallest absolute Gasteiger partial charge is 0.142 e. The zero-order chi connectivity index (χ0) is 10.1. The second kappa shape index (κ2) is 3.83. The van der Waals surface area contributed by atoms with Crippen molar-refractivity contribution in [2.24, 2.45) is 5.92 Å². The van der Waals surface area contributed by atoms with Crippen molar-refractivity contribution >= 4 is 11.6 Å². The molecule has 2 rings (SSSR count). The van der Waals surface area contributed by atoms with Crippen molar-refractivity contribution in [1.29, 1.82) is 0 Å². The van der Waals surface area contributed by atoms with Gasteiger partial charge in [0.05, 0.1) is 5.02 Å². The van der Waals surface area contributed by atoms with E-state index in [4.69, 9.17) is 11.6 Å². The molecule has 1 nitrogen and oxygen atoms in total. The minimum atomic E-state index is -0.546. The maximum atomic E-state index is 13.3. The van der Waals surface area contributed by atoms with E-state index >= 15 is 0 Å². The van der Waals surface area contributed by atoms with Crippen LogP contribution in [0, 0.1) is 17.6 Å². The summed E-state index contributed by atoms with van der Waals surface area (Å²) in [5, 5.41) is 3.00. The van der Waals surface area contributed by atoms with Crippen molar-refractivity contribution in [1.82, 2.24) is 5.32 Å². The second-order valence-corrected chi connectivity index (χ2v) is 3.93. The van der Waals surface area contributed by atoms with Crippen molar-refractivity contribution in [2.75, 3.05) is 13.1 Å². The fraction of sp³-hybridized carbons (Fsp3) is 0.400. The summed E-state index contributed by atoms with van der Waals surface area (Å²) in [6.07, 6.45) is 0.509. The molecule has 1 heterocycles. The summed E-state index contributed by atoms with van der Waals surface area (Å²) in [4.78, 5) is 0. The fourth-order valence-corrected chi connectivity index (χ4v) is 1.77. The number of rotatable bonds is 2. The van der Waals surface area contributed by atoms with Gasteiger partial charge in [0.2, 0.25) is 0 Å². The van der Waals surface area contributed by atoms with Crippen LogP contribution in [0.15, 0.2) is 12.1 Å². The van der Waals surface area contributed by atoms with E-state index in [1.807, 2.05) is 0 Å². The van der Waals surface area contributed by atoms with Crippen LogP contribution < -0.4 is 5.32 Å². The number of benzene rings is 1. The van der Waals surface area contributed by atoms with Crippen molar-refractivity contribution < 1.29 is 8.78 Å². The summed E-state index contributed by atoms with van der Waals surface area (Å²) in [7, 11) is 0. The molecule has 0 bridgehead atoms. The number of nitrogens with one attached hydrogen (secondary N) is 1. The molecule has 14 heavy (non-hydrogen) atoms. The molecule has 0 saturated carbocycles. The predicted molar refractivity (Wildman–Crippen MR) is 51.4 cm³/mol. The molecular weight excluding hydrogens is 208 g/mol. The van der Waals surface area contributed by atoms with Crippen LogP contribution in [-0.2, 0) is 6.42 Å². The summed E-state index contributed by atoms with van der Waals surface area (Å²) in [6, 6.07) is 2.18. The molecule has 1 aliphatic rings. The Morgan fingerprint density at radius 2 is 1.93 bits per heavy atom. The minimum Gasteiger partial charge on any atom is -0.316 e. The summed E-state index contributed by atoms with van der Waals surface area (Å²) in [5.41, 5.74) is 0.304. The van der Waals surface area contributed by atoms with E-state index in [9.17, 15) is 8.78 Å². The molecule has 76 valence electrons. The lowest BCUT2D eigenvalue weighted by Gasteiger charge is -2.27. The Balaban J connectivity index is 2.25. The van der Waals surface area contributed by atoms with E-state index in [1.165, 1.54) is 0 Å². The van der Waals surface area contributed by atoms with E-state index in [1.54, 1.807) is 0 Å². The second-order valence-electron chi connectivity index (χ2n) is 3.55. The molecule has 0 aliphatic carbocycles. The number of hydrogen-bond donors (Lipinski definition) is 1. The van der Waals surface area contributed by atoms with Gasteiger partial charge in [-0.25, -0.2) is 8.78 Å². The van der Waals surface area contributed by atoms with Crippen LogP contribution in [0.25, 0.3) is 0 Å². The highest BCUT2D eigenvalue weighted by Gasteiger charge is 2.21. The first-order valence-corrected chi connectivity index (χ1v) is 4.89. The van der Waals surface area contributed by atoms with Gasteiger partial charge in [-0.3, -0.25) is 0 Å². The first-order valence-electron chi connectivity index (χ1n) is 4.51. The average Bonchev–Trinajstić information content (AvgIpc) is 2.09. The lowest BCUT2D eigenvalue weighted by molar-refractivity contribution is 0.342. The maximum Gasteiger partial charge on any atom is 0.142 e. The zero-order valence-electron chi connectivity index (χ0n) is 7.49. The highest BCUT2D eigenvalue weighted by Crippen LogP contribution is 2.26. The third-order valence-electron chi connectivity index (χ3n) is 2.50. The molecule has 1 aliphatic heterocycles. The molecule has 1 saturated heterocycles. The maximum absolute atomic E-state index is 13.3. The quantitative estimate of drug-likeness (QED) is 0.750. The highest BCUT2D eigenvalue weighted by molar-refractivity contribution is 6.31. The Hall–Kier alpha value is -0.670. The SMILES string of the molecule is Fc1ccc(F)c(CC2CNC2)c1Cl. The van der Waals surface area contributed by atoms with Crippen LogP contribution >= 0.6 is 11.6 Å². The molecule has 1 fully saturated rings. The monoisotopic (exact) mass is 217 g/mol. The molecule has 0 unspecified atom stereocenters. The van der Waals surface area contributed by atoms with E-state index in [-0.39, 0.29) is 5.02 Å². The van der Waals surface area contributed by atoms with Gasteiger partial charge in [-0.1, -0.05) is 11.6 Å². The van der Waals surface area contributed by atoms with Gasteiger partial charge in [-0.05, 0) is 37.6 Å². The van der Waals surface area contributed by atoms with E-state index < -0.39 is 11.6 Å². The van der Waals surface area contributed by atoms with Gasteiger partial charge < -0.3 is 5.32 Å². The first kappa shape index (κ1) is 9.87. The van der Waals surface area contributed by atoms with Gasteiger partial charge in [-0.2, -0.15) is 0 Å².